The number of amides is 1. The van der Waals surface area contributed by atoms with Crippen LogP contribution in [0.3, 0.4) is 0 Å². The molecule has 1 aromatic heterocycles. The van der Waals surface area contributed by atoms with E-state index in [0.717, 1.165) is 5.32 Å². The summed E-state index contributed by atoms with van der Waals surface area (Å²) in [6, 6.07) is 0. The van der Waals surface area contributed by atoms with E-state index >= 15 is 0 Å². The minimum absolute atomic E-state index is 0.0409. The molecule has 1 aliphatic carbocycles. The molecule has 1 aromatic rings. The molecule has 0 saturated heterocycles. The van der Waals surface area contributed by atoms with Gasteiger partial charge in [0.25, 0.3) is 0 Å². The molecule has 1 heterocycles. The van der Waals surface area contributed by atoms with Crippen LogP contribution < -0.4 is 5.32 Å². The van der Waals surface area contributed by atoms with Gasteiger partial charge in [-0.2, -0.15) is 61.5 Å². The van der Waals surface area contributed by atoms with Crippen LogP contribution in [0.5, 0.6) is 0 Å². The summed E-state index contributed by atoms with van der Waals surface area (Å²) < 4.78 is 222. The lowest BCUT2D eigenvalue weighted by atomic mass is 9.89. The molecule has 0 radical (unpaired) electrons. The highest BCUT2D eigenvalue weighted by Gasteiger charge is 2.94. The molecule has 0 aromatic carbocycles. The molecule has 0 atom stereocenters. The molecule has 0 saturated carbocycles. The van der Waals surface area contributed by atoms with Crippen LogP contribution in [0, 0.1) is 0 Å². The van der Waals surface area contributed by atoms with Crippen molar-refractivity contribution in [1.82, 2.24) is 0 Å². The van der Waals surface area contributed by atoms with Gasteiger partial charge in [0.05, 0.1) is 12.2 Å². The van der Waals surface area contributed by atoms with E-state index in [0.29, 0.717) is 30.6 Å². The molecule has 242 valence electrons. The maximum Gasteiger partial charge on any atom is 0.393 e. The largest absolute Gasteiger partial charge is 0.462 e. The monoisotopic (exact) mass is 667 g/mol. The van der Waals surface area contributed by atoms with Crippen LogP contribution in [-0.4, -0.2) is 66.4 Å². The van der Waals surface area contributed by atoms with Crippen molar-refractivity contribution in [2.75, 3.05) is 11.9 Å². The summed E-state index contributed by atoms with van der Waals surface area (Å²) in [7, 11) is 0. The molecule has 0 unspecified atom stereocenters. The SMILES string of the molecule is CCOC(=O)c1c(NC(=O)C(F)(F)C(F)(F)C(F)(F)C(F)(F)C(F)(F)C(F)(F)C(F)(F)C(F)F)sc2c1CCCCC2. The predicted molar refractivity (Wildman–Crippen MR) is 111 cm³/mol. The van der Waals surface area contributed by atoms with Gasteiger partial charge < -0.3 is 10.1 Å². The summed E-state index contributed by atoms with van der Waals surface area (Å²) in [6.07, 6.45) is -4.38. The van der Waals surface area contributed by atoms with Gasteiger partial charge >= 0.3 is 59.8 Å². The molecular formula is C21H17F16NO3S. The van der Waals surface area contributed by atoms with Crippen LogP contribution in [0.4, 0.5) is 75.2 Å². The normalized spacial score (nSPS) is 16.2. The number of aryl methyl sites for hydroxylation is 1. The van der Waals surface area contributed by atoms with E-state index < -0.39 is 70.3 Å². The third kappa shape index (κ3) is 5.16. The first-order valence-corrected chi connectivity index (χ1v) is 12.2. The standard InChI is InChI=1S/C21H17F16NO3S/c1-2-41-12(39)10-8-6-4-3-5-7-9(8)42-11(10)38-14(40)16(26,27)18(30,31)20(34,35)21(36,37)19(32,33)17(28,29)15(24,25)13(22)23/h13H,2-7H2,1H3,(H,38,40). The maximum absolute atomic E-state index is 14.4. The summed E-state index contributed by atoms with van der Waals surface area (Å²) >= 11 is 0.290. The van der Waals surface area contributed by atoms with Crippen LogP contribution in [0.1, 0.15) is 47.0 Å². The minimum atomic E-state index is -8.62. The summed E-state index contributed by atoms with van der Waals surface area (Å²) in [4.78, 5) is 24.6. The number of esters is 1. The first kappa shape index (κ1) is 35.7. The number of anilines is 1. The summed E-state index contributed by atoms with van der Waals surface area (Å²) in [5.74, 6) is -61.7. The van der Waals surface area contributed by atoms with E-state index in [1.165, 1.54) is 6.92 Å². The Bertz CT molecular complexity index is 1180. The Morgan fingerprint density at radius 1 is 0.762 bits per heavy atom. The van der Waals surface area contributed by atoms with Gasteiger partial charge in [-0.1, -0.05) is 6.42 Å². The summed E-state index contributed by atoms with van der Waals surface area (Å²) in [6.45, 7) is 0.893. The van der Waals surface area contributed by atoms with Gasteiger partial charge in [0.1, 0.15) is 5.00 Å². The zero-order valence-electron chi connectivity index (χ0n) is 20.5. The number of carbonyl (C=O) groups is 2. The number of rotatable bonds is 11. The van der Waals surface area contributed by atoms with Crippen molar-refractivity contribution in [3.8, 4) is 0 Å². The molecule has 2 rings (SSSR count). The topological polar surface area (TPSA) is 55.4 Å². The molecular weight excluding hydrogens is 650 g/mol. The Kier molecular flexibility index (Phi) is 9.54. The number of ether oxygens (including phenoxy) is 1. The minimum Gasteiger partial charge on any atom is -0.462 e. The molecule has 0 spiro atoms. The number of halogens is 16. The quantitative estimate of drug-likeness (QED) is 0.149. The Hall–Kier alpha value is -2.48. The second-order valence-electron chi connectivity index (χ2n) is 8.81. The van der Waals surface area contributed by atoms with Gasteiger partial charge in [-0.15, -0.1) is 11.3 Å². The highest BCUT2D eigenvalue weighted by Crippen LogP contribution is 2.63. The van der Waals surface area contributed by atoms with E-state index in [1.807, 2.05) is 0 Å². The molecule has 0 aliphatic heterocycles. The molecule has 4 nitrogen and oxygen atoms in total. The fraction of sp³-hybridized carbons (Fsp3) is 0.714. The van der Waals surface area contributed by atoms with Crippen molar-refractivity contribution in [1.29, 1.82) is 0 Å². The van der Waals surface area contributed by atoms with Crippen molar-refractivity contribution in [3.63, 3.8) is 0 Å². The smallest absolute Gasteiger partial charge is 0.393 e. The van der Waals surface area contributed by atoms with E-state index in [4.69, 9.17) is 0 Å². The number of nitrogens with one attached hydrogen (secondary N) is 1. The van der Waals surface area contributed by atoms with Crippen LogP contribution in [0.25, 0.3) is 0 Å². The highest BCUT2D eigenvalue weighted by molar-refractivity contribution is 7.17. The van der Waals surface area contributed by atoms with Gasteiger partial charge in [0.15, 0.2) is 0 Å². The van der Waals surface area contributed by atoms with Crippen molar-refractivity contribution < 1.29 is 84.6 Å². The van der Waals surface area contributed by atoms with Crippen LogP contribution in [-0.2, 0) is 22.4 Å². The third-order valence-electron chi connectivity index (χ3n) is 6.08. The van der Waals surface area contributed by atoms with Crippen LogP contribution in [0.15, 0.2) is 0 Å². The van der Waals surface area contributed by atoms with E-state index in [2.05, 4.69) is 4.74 Å². The molecule has 21 heteroatoms. The lowest BCUT2D eigenvalue weighted by molar-refractivity contribution is -0.443. The second kappa shape index (κ2) is 11.2. The van der Waals surface area contributed by atoms with Crippen LogP contribution in [0.2, 0.25) is 0 Å². The van der Waals surface area contributed by atoms with E-state index in [1.54, 1.807) is 0 Å². The number of thiophene rings is 1. The number of fused-ring (bicyclic) bond motifs is 1. The zero-order chi connectivity index (χ0) is 32.9. The molecule has 1 amide bonds. The summed E-state index contributed by atoms with van der Waals surface area (Å²) in [5, 5.41) is -0.116. The molecule has 0 fully saturated rings. The van der Waals surface area contributed by atoms with Crippen molar-refractivity contribution in [2.24, 2.45) is 0 Å². The Labute approximate surface area is 228 Å². The van der Waals surface area contributed by atoms with Crippen molar-refractivity contribution in [3.05, 3.63) is 16.0 Å². The van der Waals surface area contributed by atoms with E-state index in [9.17, 15) is 79.8 Å². The maximum atomic E-state index is 14.4. The van der Waals surface area contributed by atoms with E-state index in [-0.39, 0.29) is 29.9 Å². The Balaban J connectivity index is 2.57. The summed E-state index contributed by atoms with van der Waals surface area (Å²) in [5.41, 5.74) is -0.635. The molecule has 0 bridgehead atoms. The average Bonchev–Trinajstić information content (AvgIpc) is 3.03. The average molecular weight is 667 g/mol. The third-order valence-corrected chi connectivity index (χ3v) is 7.28. The Morgan fingerprint density at radius 3 is 1.74 bits per heavy atom. The number of hydrogen-bond acceptors (Lipinski definition) is 4. The second-order valence-corrected chi connectivity index (χ2v) is 9.92. The molecule has 1 aliphatic rings. The van der Waals surface area contributed by atoms with Gasteiger partial charge in [0, 0.05) is 4.88 Å². The van der Waals surface area contributed by atoms with Gasteiger partial charge in [0.2, 0.25) is 0 Å². The number of carbonyl (C=O) groups excluding carboxylic acids is 2. The highest BCUT2D eigenvalue weighted by atomic mass is 32.1. The number of hydrogen-bond donors (Lipinski definition) is 1. The van der Waals surface area contributed by atoms with Crippen molar-refractivity contribution in [2.45, 2.75) is 86.9 Å². The fourth-order valence-electron chi connectivity index (χ4n) is 3.71. The first-order chi connectivity index (χ1) is 18.8. The first-order valence-electron chi connectivity index (χ1n) is 11.3. The fourth-order valence-corrected chi connectivity index (χ4v) is 4.98. The lowest BCUT2D eigenvalue weighted by Gasteiger charge is -2.42. The van der Waals surface area contributed by atoms with Crippen LogP contribution >= 0.6 is 11.3 Å². The van der Waals surface area contributed by atoms with Gasteiger partial charge in [-0.3, -0.25) is 4.79 Å². The predicted octanol–water partition coefficient (Wildman–Crippen LogP) is 7.84. The number of alkyl halides is 16. The van der Waals surface area contributed by atoms with Gasteiger partial charge in [-0.25, -0.2) is 13.6 Å². The van der Waals surface area contributed by atoms with Crippen molar-refractivity contribution >= 4 is 28.2 Å². The molecule has 42 heavy (non-hydrogen) atoms. The molecule has 1 N–H and O–H groups in total. The van der Waals surface area contributed by atoms with Gasteiger partial charge in [-0.05, 0) is 38.2 Å². The zero-order valence-corrected chi connectivity index (χ0v) is 21.3. The lowest BCUT2D eigenvalue weighted by Crippen LogP contribution is -2.74. The Morgan fingerprint density at radius 2 is 1.24 bits per heavy atom.